The Morgan fingerprint density at radius 3 is 2.81 bits per heavy atom. The Kier molecular flexibility index (Phi) is 3.70. The highest BCUT2D eigenvalue weighted by molar-refractivity contribution is 5.80. The first-order valence-electron chi connectivity index (χ1n) is 6.10. The zero-order valence-corrected chi connectivity index (χ0v) is 9.85. The molecule has 0 atom stereocenters. The summed E-state index contributed by atoms with van der Waals surface area (Å²) in [6.45, 7) is 0. The summed E-state index contributed by atoms with van der Waals surface area (Å²) in [6.07, 6.45) is 9.05. The molecule has 1 aliphatic carbocycles. The number of nitrogens with zero attached hydrogens (tertiary/aromatic N) is 3. The largest absolute Gasteiger partial charge is 0.299 e. The summed E-state index contributed by atoms with van der Waals surface area (Å²) in [7, 11) is 1.83. The van der Waals surface area contributed by atoms with Gasteiger partial charge in [-0.25, -0.2) is 4.98 Å². The predicted molar refractivity (Wildman–Crippen MR) is 60.9 cm³/mol. The monoisotopic (exact) mass is 221 g/mol. The molecule has 2 rings (SSSR count). The SMILES string of the molecule is Cn1ncnc1CC(=O)CC1CCCCC1. The van der Waals surface area contributed by atoms with E-state index in [-0.39, 0.29) is 0 Å². The van der Waals surface area contributed by atoms with Crippen LogP contribution in [0.1, 0.15) is 44.3 Å². The standard InChI is InChI=1S/C12H19N3O/c1-15-12(13-9-14-15)8-11(16)7-10-5-3-2-4-6-10/h9-10H,2-8H2,1H3. The van der Waals surface area contributed by atoms with Gasteiger partial charge >= 0.3 is 0 Å². The first-order chi connectivity index (χ1) is 7.75. The van der Waals surface area contributed by atoms with Gasteiger partial charge in [-0.1, -0.05) is 32.1 Å². The topological polar surface area (TPSA) is 47.8 Å². The summed E-state index contributed by atoms with van der Waals surface area (Å²) in [4.78, 5) is 15.9. The van der Waals surface area contributed by atoms with Crippen LogP contribution in [0.15, 0.2) is 6.33 Å². The van der Waals surface area contributed by atoms with E-state index in [0.717, 1.165) is 12.2 Å². The van der Waals surface area contributed by atoms with Crippen LogP contribution in [0.2, 0.25) is 0 Å². The molecule has 1 fully saturated rings. The Hall–Kier alpha value is -1.19. The van der Waals surface area contributed by atoms with E-state index in [1.807, 2.05) is 7.05 Å². The van der Waals surface area contributed by atoms with Crippen LogP contribution in [-0.4, -0.2) is 20.5 Å². The Morgan fingerprint density at radius 2 is 2.19 bits per heavy atom. The van der Waals surface area contributed by atoms with E-state index in [1.54, 1.807) is 4.68 Å². The highest BCUT2D eigenvalue weighted by Crippen LogP contribution is 2.26. The molecule has 0 bridgehead atoms. The second-order valence-corrected chi connectivity index (χ2v) is 4.72. The number of aryl methyl sites for hydroxylation is 1. The molecule has 88 valence electrons. The van der Waals surface area contributed by atoms with Crippen molar-refractivity contribution in [2.24, 2.45) is 13.0 Å². The molecular formula is C12H19N3O. The number of carbonyl (C=O) groups is 1. The Morgan fingerprint density at radius 1 is 1.44 bits per heavy atom. The molecule has 4 heteroatoms. The van der Waals surface area contributed by atoms with E-state index in [9.17, 15) is 4.79 Å². The number of Topliss-reactive ketones (excluding diaryl/α,β-unsaturated/α-hetero) is 1. The predicted octanol–water partition coefficient (Wildman–Crippen LogP) is 1.90. The molecule has 1 aliphatic rings. The number of ketones is 1. The smallest absolute Gasteiger partial charge is 0.140 e. The molecule has 4 nitrogen and oxygen atoms in total. The first-order valence-corrected chi connectivity index (χ1v) is 6.10. The second kappa shape index (κ2) is 5.23. The first kappa shape index (κ1) is 11.3. The molecule has 0 aromatic carbocycles. The minimum atomic E-state index is 0.308. The van der Waals surface area contributed by atoms with Crippen LogP contribution in [0.3, 0.4) is 0 Å². The van der Waals surface area contributed by atoms with Crippen molar-refractivity contribution >= 4 is 5.78 Å². The Bertz CT molecular complexity index is 353. The van der Waals surface area contributed by atoms with Crippen LogP contribution in [-0.2, 0) is 18.3 Å². The van der Waals surface area contributed by atoms with Crippen LogP contribution in [0.4, 0.5) is 0 Å². The molecule has 16 heavy (non-hydrogen) atoms. The van der Waals surface area contributed by atoms with Gasteiger partial charge in [0.1, 0.15) is 17.9 Å². The lowest BCUT2D eigenvalue weighted by Crippen LogP contribution is -2.15. The van der Waals surface area contributed by atoms with Crippen molar-refractivity contribution in [1.29, 1.82) is 0 Å². The van der Waals surface area contributed by atoms with Crippen LogP contribution in [0, 0.1) is 5.92 Å². The molecule has 1 saturated carbocycles. The molecule has 0 unspecified atom stereocenters. The number of hydrogen-bond acceptors (Lipinski definition) is 3. The maximum Gasteiger partial charge on any atom is 0.140 e. The van der Waals surface area contributed by atoms with Gasteiger partial charge in [-0.15, -0.1) is 0 Å². The second-order valence-electron chi connectivity index (χ2n) is 4.72. The quantitative estimate of drug-likeness (QED) is 0.780. The maximum absolute atomic E-state index is 11.8. The van der Waals surface area contributed by atoms with Crippen molar-refractivity contribution in [3.05, 3.63) is 12.2 Å². The van der Waals surface area contributed by atoms with Gasteiger partial charge in [-0.2, -0.15) is 5.10 Å². The third kappa shape index (κ3) is 2.90. The Labute approximate surface area is 96.1 Å². The molecule has 0 aliphatic heterocycles. The van der Waals surface area contributed by atoms with Gasteiger partial charge in [0.15, 0.2) is 0 Å². The summed E-state index contributed by atoms with van der Waals surface area (Å²) in [6, 6.07) is 0. The van der Waals surface area contributed by atoms with Gasteiger partial charge in [0.05, 0.1) is 6.42 Å². The Balaban J connectivity index is 1.82. The lowest BCUT2D eigenvalue weighted by atomic mass is 9.85. The van der Waals surface area contributed by atoms with Crippen LogP contribution >= 0.6 is 0 Å². The minimum absolute atomic E-state index is 0.308. The number of hydrogen-bond donors (Lipinski definition) is 0. The third-order valence-corrected chi connectivity index (χ3v) is 3.40. The highest BCUT2D eigenvalue weighted by atomic mass is 16.1. The van der Waals surface area contributed by atoms with E-state index in [2.05, 4.69) is 10.1 Å². The molecule has 1 heterocycles. The normalized spacial score (nSPS) is 17.6. The molecule has 0 saturated heterocycles. The summed E-state index contributed by atoms with van der Waals surface area (Å²) in [5, 5.41) is 3.97. The highest BCUT2D eigenvalue weighted by Gasteiger charge is 2.18. The minimum Gasteiger partial charge on any atom is -0.299 e. The number of carbonyl (C=O) groups excluding carboxylic acids is 1. The molecule has 0 radical (unpaired) electrons. The average molecular weight is 221 g/mol. The molecule has 0 amide bonds. The van der Waals surface area contributed by atoms with E-state index in [1.165, 1.54) is 38.4 Å². The zero-order valence-electron chi connectivity index (χ0n) is 9.85. The fourth-order valence-electron chi connectivity index (χ4n) is 2.44. The van der Waals surface area contributed by atoms with E-state index in [4.69, 9.17) is 0 Å². The van der Waals surface area contributed by atoms with Gasteiger partial charge in [-0.05, 0) is 5.92 Å². The van der Waals surface area contributed by atoms with Gasteiger partial charge in [0, 0.05) is 13.5 Å². The van der Waals surface area contributed by atoms with Crippen molar-refractivity contribution in [3.8, 4) is 0 Å². The summed E-state index contributed by atoms with van der Waals surface area (Å²) < 4.78 is 1.68. The van der Waals surface area contributed by atoms with Gasteiger partial charge in [0.25, 0.3) is 0 Å². The third-order valence-electron chi connectivity index (χ3n) is 3.40. The van der Waals surface area contributed by atoms with Crippen molar-refractivity contribution < 1.29 is 4.79 Å². The maximum atomic E-state index is 11.8. The van der Waals surface area contributed by atoms with E-state index in [0.29, 0.717) is 18.1 Å². The van der Waals surface area contributed by atoms with Gasteiger partial charge in [-0.3, -0.25) is 9.48 Å². The van der Waals surface area contributed by atoms with Crippen LogP contribution in [0.5, 0.6) is 0 Å². The molecule has 1 aromatic heterocycles. The van der Waals surface area contributed by atoms with Crippen molar-refractivity contribution in [1.82, 2.24) is 14.8 Å². The van der Waals surface area contributed by atoms with Gasteiger partial charge < -0.3 is 0 Å². The summed E-state index contributed by atoms with van der Waals surface area (Å²) in [5.41, 5.74) is 0. The van der Waals surface area contributed by atoms with Gasteiger partial charge in [0.2, 0.25) is 0 Å². The van der Waals surface area contributed by atoms with Crippen molar-refractivity contribution in [3.63, 3.8) is 0 Å². The zero-order chi connectivity index (χ0) is 11.4. The van der Waals surface area contributed by atoms with Crippen molar-refractivity contribution in [2.45, 2.75) is 44.9 Å². The summed E-state index contributed by atoms with van der Waals surface area (Å²) in [5.74, 6) is 1.71. The molecular weight excluding hydrogens is 202 g/mol. The van der Waals surface area contributed by atoms with E-state index < -0.39 is 0 Å². The average Bonchev–Trinajstić information content (AvgIpc) is 2.66. The molecule has 0 N–H and O–H groups in total. The fraction of sp³-hybridized carbons (Fsp3) is 0.750. The lowest BCUT2D eigenvalue weighted by molar-refractivity contribution is -0.119. The van der Waals surface area contributed by atoms with E-state index >= 15 is 0 Å². The number of aromatic nitrogens is 3. The number of rotatable bonds is 4. The lowest BCUT2D eigenvalue weighted by Gasteiger charge is -2.20. The van der Waals surface area contributed by atoms with Crippen LogP contribution in [0.25, 0.3) is 0 Å². The van der Waals surface area contributed by atoms with Crippen molar-refractivity contribution in [2.75, 3.05) is 0 Å². The fourth-order valence-corrected chi connectivity index (χ4v) is 2.44. The molecule has 1 aromatic rings. The molecule has 0 spiro atoms. The van der Waals surface area contributed by atoms with Crippen LogP contribution < -0.4 is 0 Å². The summed E-state index contributed by atoms with van der Waals surface area (Å²) >= 11 is 0.